The number of aromatic hydroxyl groups is 3. The van der Waals surface area contributed by atoms with Gasteiger partial charge in [-0.25, -0.2) is 0 Å². The Morgan fingerprint density at radius 1 is 0.667 bits per heavy atom. The Labute approximate surface area is 287 Å². The number of phenols is 3. The molecular formula is C35H35O16+. The summed E-state index contributed by atoms with van der Waals surface area (Å²) in [5.41, 5.74) is 0.698. The molecule has 3 aromatic carbocycles. The summed E-state index contributed by atoms with van der Waals surface area (Å²) in [4.78, 5) is 10.6. The van der Waals surface area contributed by atoms with E-state index in [-0.39, 0.29) is 50.6 Å². The predicted octanol–water partition coefficient (Wildman–Crippen LogP) is 0.665. The van der Waals surface area contributed by atoms with Crippen molar-refractivity contribution in [2.45, 2.75) is 68.3 Å². The summed E-state index contributed by atoms with van der Waals surface area (Å²) in [6.45, 7) is 0.912. The molecule has 2 aliphatic heterocycles. The van der Waals surface area contributed by atoms with E-state index >= 15 is 0 Å². The summed E-state index contributed by atoms with van der Waals surface area (Å²) in [7, 11) is 0. The number of ether oxygens (including phenoxy) is 4. The number of hydrogen-bond donors (Lipinski definition) is 9. The van der Waals surface area contributed by atoms with Crippen LogP contribution in [-0.2, 0) is 14.2 Å². The molecule has 51 heavy (non-hydrogen) atoms. The zero-order valence-corrected chi connectivity index (χ0v) is 26.7. The lowest BCUT2D eigenvalue weighted by atomic mass is 9.98. The second-order valence-electron chi connectivity index (χ2n) is 12.5. The van der Waals surface area contributed by atoms with Crippen LogP contribution in [0.15, 0.2) is 69.5 Å². The van der Waals surface area contributed by atoms with Gasteiger partial charge in [-0.2, -0.15) is 0 Å². The van der Waals surface area contributed by atoms with Gasteiger partial charge in [0.15, 0.2) is 29.3 Å². The van der Waals surface area contributed by atoms with Crippen molar-refractivity contribution in [3.05, 3.63) is 66.1 Å². The molecule has 2 aliphatic rings. The fraction of sp³-hybridized carbons (Fsp3) is 0.343. The lowest BCUT2D eigenvalue weighted by Crippen LogP contribution is -2.61. The average Bonchev–Trinajstić information content (AvgIpc) is 3.11. The van der Waals surface area contributed by atoms with Crippen LogP contribution in [0.1, 0.15) is 6.92 Å². The van der Waals surface area contributed by atoms with E-state index in [2.05, 4.69) is 0 Å². The van der Waals surface area contributed by atoms with Gasteiger partial charge in [-0.05, 0) is 55.5 Å². The van der Waals surface area contributed by atoms with Crippen molar-refractivity contribution in [1.82, 2.24) is 0 Å². The van der Waals surface area contributed by atoms with Gasteiger partial charge in [-0.15, -0.1) is 0 Å². The highest BCUT2D eigenvalue weighted by molar-refractivity contribution is 6.10. The Balaban J connectivity index is 1.32. The third-order valence-electron chi connectivity index (χ3n) is 9.00. The van der Waals surface area contributed by atoms with Crippen LogP contribution in [0.5, 0.6) is 23.0 Å². The first-order chi connectivity index (χ1) is 24.3. The molecule has 0 radical (unpaired) electrons. The van der Waals surface area contributed by atoms with Crippen LogP contribution in [0, 0.1) is 0 Å². The van der Waals surface area contributed by atoms with Gasteiger partial charge in [-0.3, -0.25) is 4.79 Å². The summed E-state index contributed by atoms with van der Waals surface area (Å²) in [5, 5.41) is 94.2. The SMILES string of the molecule is C[C@@H]1O[C@@H](OC[C@H]2O[C@@H](Oc3c(-c4ccc(O)c(O)c4)oc4cc(=[OH+])cc5oc(-c6ccc(O)cc6)cc3c54)[C@H](O)[C@@H](O)[C@@H]2O)[C@H](O)[C@H](O)[C@H]1O. The van der Waals surface area contributed by atoms with Crippen molar-refractivity contribution in [3.63, 3.8) is 0 Å². The van der Waals surface area contributed by atoms with Gasteiger partial charge in [0.2, 0.25) is 6.29 Å². The molecule has 7 rings (SSSR count). The van der Waals surface area contributed by atoms with Gasteiger partial charge in [-0.1, -0.05) is 0 Å². The van der Waals surface area contributed by atoms with Crippen LogP contribution in [0.25, 0.3) is 44.6 Å². The number of rotatable bonds is 7. The highest BCUT2D eigenvalue weighted by Gasteiger charge is 2.47. The third kappa shape index (κ3) is 6.37. The minimum Gasteiger partial charge on any atom is -0.508 e. The van der Waals surface area contributed by atoms with Gasteiger partial charge < -0.3 is 73.7 Å². The standard InChI is InChI=1S/C35H34O16/c1-13-26(40)28(42)30(44)34(47-13)46-12-24-27(41)29(43)31(45)35(50-24)51-33-18-11-21(14-2-5-16(36)6-3-14)48-22-9-17(37)10-23(25(18)22)49-32(33)15-4-7-19(38)20(39)8-15/h2-11,13,24,26-31,34-36,38-45H,12H2,1H3/p+1/t13-,24+,26-,27+,28+,29-,30+,31+,34+,35-/m0/s1. The Hall–Kier alpha value is -4.75. The molecule has 0 unspecified atom stereocenters. The largest absolute Gasteiger partial charge is 0.508 e. The van der Waals surface area contributed by atoms with Gasteiger partial charge in [0.1, 0.15) is 65.4 Å². The first-order valence-corrected chi connectivity index (χ1v) is 15.9. The first kappa shape index (κ1) is 34.7. The molecule has 0 bridgehead atoms. The first-order valence-electron chi connectivity index (χ1n) is 15.9. The van der Waals surface area contributed by atoms with Crippen molar-refractivity contribution in [3.8, 4) is 45.6 Å². The summed E-state index contributed by atoms with van der Waals surface area (Å²) < 4.78 is 35.6. The van der Waals surface area contributed by atoms with Crippen LogP contribution in [0.4, 0.5) is 0 Å². The van der Waals surface area contributed by atoms with Crippen molar-refractivity contribution >= 4 is 21.9 Å². The van der Waals surface area contributed by atoms with E-state index in [1.807, 2.05) is 0 Å². The molecule has 10 N–H and O–H groups in total. The Bertz CT molecular complexity index is 2110. The molecule has 10 atom stereocenters. The van der Waals surface area contributed by atoms with Crippen LogP contribution in [0.3, 0.4) is 0 Å². The molecule has 0 saturated carbocycles. The molecule has 16 heteroatoms. The van der Waals surface area contributed by atoms with E-state index in [1.165, 1.54) is 49.4 Å². The summed E-state index contributed by atoms with van der Waals surface area (Å²) >= 11 is 0. The fourth-order valence-corrected chi connectivity index (χ4v) is 6.16. The van der Waals surface area contributed by atoms with Crippen molar-refractivity contribution < 1.29 is 78.5 Å². The molecule has 2 saturated heterocycles. The highest BCUT2D eigenvalue weighted by atomic mass is 16.7. The van der Waals surface area contributed by atoms with Crippen LogP contribution in [-0.4, -0.2) is 119 Å². The van der Waals surface area contributed by atoms with Gasteiger partial charge >= 0.3 is 5.43 Å². The van der Waals surface area contributed by atoms with E-state index in [4.69, 9.17) is 27.8 Å². The van der Waals surface area contributed by atoms with Crippen molar-refractivity contribution in [1.29, 1.82) is 0 Å². The van der Waals surface area contributed by atoms with Gasteiger partial charge in [0.25, 0.3) is 0 Å². The summed E-state index contributed by atoms with van der Waals surface area (Å²) in [6.07, 6.45) is -15.6. The summed E-state index contributed by atoms with van der Waals surface area (Å²) in [6, 6.07) is 14.1. The number of benzene rings is 3. The zero-order chi connectivity index (χ0) is 36.3. The number of hydrogen-bond acceptors (Lipinski definition) is 15. The maximum Gasteiger partial charge on any atom is 0.347 e. The fourth-order valence-electron chi connectivity index (χ4n) is 6.16. The van der Waals surface area contributed by atoms with Crippen LogP contribution < -0.4 is 10.2 Å². The zero-order valence-electron chi connectivity index (χ0n) is 26.7. The quantitative estimate of drug-likeness (QED) is 0.0829. The molecular weight excluding hydrogens is 676 g/mol. The Morgan fingerprint density at radius 3 is 2.02 bits per heavy atom. The monoisotopic (exact) mass is 711 g/mol. The normalized spacial score (nSPS) is 29.8. The molecule has 0 amide bonds. The van der Waals surface area contributed by atoms with Crippen molar-refractivity contribution in [2.75, 3.05) is 6.61 Å². The second kappa shape index (κ2) is 13.4. The maximum atomic E-state index is 11.1. The lowest BCUT2D eigenvalue weighted by Gasteiger charge is -2.42. The molecule has 4 heterocycles. The second-order valence-corrected chi connectivity index (χ2v) is 12.5. The minimum atomic E-state index is -1.87. The Morgan fingerprint density at radius 2 is 1.31 bits per heavy atom. The molecule has 0 spiro atoms. The van der Waals surface area contributed by atoms with Gasteiger partial charge in [0.05, 0.1) is 30.2 Å². The molecule has 5 aromatic rings. The van der Waals surface area contributed by atoms with E-state index in [0.29, 0.717) is 10.9 Å². The maximum absolute atomic E-state index is 11.1. The minimum absolute atomic E-state index is 0.00288. The third-order valence-corrected chi connectivity index (χ3v) is 9.00. The topological polar surface area (TPSA) is 267 Å². The Kier molecular flexibility index (Phi) is 9.13. The van der Waals surface area contributed by atoms with Crippen molar-refractivity contribution in [2.24, 2.45) is 0 Å². The lowest BCUT2D eigenvalue weighted by molar-refractivity contribution is -0.318. The predicted molar refractivity (Wildman–Crippen MR) is 173 cm³/mol. The van der Waals surface area contributed by atoms with Gasteiger partial charge in [0, 0.05) is 16.5 Å². The number of aliphatic hydroxyl groups excluding tert-OH is 6. The molecule has 16 nitrogen and oxygen atoms in total. The highest BCUT2D eigenvalue weighted by Crippen LogP contribution is 2.45. The van der Waals surface area contributed by atoms with Crippen LogP contribution >= 0.6 is 0 Å². The molecule has 270 valence electrons. The average molecular weight is 712 g/mol. The molecule has 0 aliphatic carbocycles. The van der Waals surface area contributed by atoms with E-state index < -0.39 is 79.5 Å². The summed E-state index contributed by atoms with van der Waals surface area (Å²) in [5.74, 6) is -0.903. The smallest absolute Gasteiger partial charge is 0.347 e. The number of phenolic OH excluding ortho intramolecular Hbond substituents is 3. The van der Waals surface area contributed by atoms with E-state index in [0.717, 1.165) is 0 Å². The van der Waals surface area contributed by atoms with E-state index in [1.54, 1.807) is 18.2 Å². The number of aliphatic hydroxyl groups is 6. The van der Waals surface area contributed by atoms with E-state index in [9.17, 15) is 50.8 Å². The van der Waals surface area contributed by atoms with Crippen LogP contribution in [0.2, 0.25) is 0 Å². The molecule has 2 aromatic heterocycles. The molecule has 2 fully saturated rings.